The number of benzene rings is 1. The largest absolute Gasteiger partial charge is 0.312 e. The lowest BCUT2D eigenvalue weighted by Crippen LogP contribution is -2.26. The zero-order valence-electron chi connectivity index (χ0n) is 9.07. The predicted molar refractivity (Wildman–Crippen MR) is 61.1 cm³/mol. The number of rotatable bonds is 6. The Balaban J connectivity index is 2.44. The molecule has 0 aliphatic carbocycles. The van der Waals surface area contributed by atoms with Crippen molar-refractivity contribution in [3.05, 3.63) is 35.4 Å². The Labute approximate surface area is 98.9 Å². The van der Waals surface area contributed by atoms with Gasteiger partial charge in [0.15, 0.2) is 0 Å². The summed E-state index contributed by atoms with van der Waals surface area (Å²) in [4.78, 5) is 0. The molecule has 0 unspecified atom stereocenters. The van der Waals surface area contributed by atoms with E-state index >= 15 is 0 Å². The van der Waals surface area contributed by atoms with Crippen molar-refractivity contribution in [1.82, 2.24) is 5.32 Å². The van der Waals surface area contributed by atoms with Crippen LogP contribution in [0.4, 0.5) is 8.78 Å². The number of nitrogens with two attached hydrogens (primary N) is 1. The molecule has 7 heteroatoms. The lowest BCUT2D eigenvalue weighted by molar-refractivity contribution is 0.151. The molecule has 0 spiro atoms. The van der Waals surface area contributed by atoms with E-state index in [0.29, 0.717) is 12.1 Å². The first kappa shape index (κ1) is 14.0. The Kier molecular flexibility index (Phi) is 4.98. The van der Waals surface area contributed by atoms with Gasteiger partial charge >= 0.3 is 0 Å². The summed E-state index contributed by atoms with van der Waals surface area (Å²) >= 11 is 0. The molecule has 4 nitrogen and oxygen atoms in total. The summed E-state index contributed by atoms with van der Waals surface area (Å²) in [5.74, 6) is -0.179. The summed E-state index contributed by atoms with van der Waals surface area (Å²) in [6.45, 7) is 0.522. The highest BCUT2D eigenvalue weighted by Gasteiger charge is 2.07. The Morgan fingerprint density at radius 3 is 2.65 bits per heavy atom. The first-order valence-electron chi connectivity index (χ1n) is 4.96. The van der Waals surface area contributed by atoms with Crippen LogP contribution in [0.1, 0.15) is 17.6 Å². The van der Waals surface area contributed by atoms with Gasteiger partial charge in [0.2, 0.25) is 10.0 Å². The number of sulfonamides is 1. The first-order valence-corrected chi connectivity index (χ1v) is 6.68. The number of primary sulfonamides is 1. The zero-order chi connectivity index (χ0) is 12.9. The average Bonchev–Trinajstić information content (AvgIpc) is 2.23. The van der Waals surface area contributed by atoms with Gasteiger partial charge in [0.25, 0.3) is 6.43 Å². The molecule has 3 N–H and O–H groups in total. The van der Waals surface area contributed by atoms with E-state index in [1.807, 2.05) is 0 Å². The van der Waals surface area contributed by atoms with Gasteiger partial charge in [-0.3, -0.25) is 0 Å². The molecule has 0 saturated carbocycles. The molecule has 0 amide bonds. The number of alkyl halides is 2. The smallest absolute Gasteiger partial charge is 0.263 e. The minimum atomic E-state index is -3.48. The Morgan fingerprint density at radius 1 is 1.35 bits per heavy atom. The maximum Gasteiger partial charge on any atom is 0.263 e. The maximum absolute atomic E-state index is 12.4. The SMILES string of the molecule is NS(=O)(=O)CCNCc1cccc(C(F)F)c1. The second-order valence-corrected chi connectivity index (χ2v) is 5.32. The van der Waals surface area contributed by atoms with E-state index in [9.17, 15) is 17.2 Å². The van der Waals surface area contributed by atoms with E-state index in [1.54, 1.807) is 6.07 Å². The van der Waals surface area contributed by atoms with E-state index in [0.717, 1.165) is 0 Å². The van der Waals surface area contributed by atoms with Crippen molar-refractivity contribution in [2.45, 2.75) is 13.0 Å². The maximum atomic E-state index is 12.4. The van der Waals surface area contributed by atoms with Crippen LogP contribution in [-0.2, 0) is 16.6 Å². The van der Waals surface area contributed by atoms with E-state index in [1.165, 1.54) is 18.2 Å². The van der Waals surface area contributed by atoms with Gasteiger partial charge in [-0.25, -0.2) is 22.3 Å². The standard InChI is InChI=1S/C10H14F2N2O2S/c11-10(12)9-3-1-2-8(6-9)7-14-4-5-17(13,15)16/h1-3,6,10,14H,4-5,7H2,(H2,13,15,16). The van der Waals surface area contributed by atoms with Crippen LogP contribution in [0, 0.1) is 0 Å². The predicted octanol–water partition coefficient (Wildman–Crippen LogP) is 1.00. The topological polar surface area (TPSA) is 72.2 Å². The molecular weight excluding hydrogens is 250 g/mol. The molecule has 0 heterocycles. The van der Waals surface area contributed by atoms with Crippen LogP contribution in [0.2, 0.25) is 0 Å². The molecule has 0 saturated heterocycles. The van der Waals surface area contributed by atoms with Crippen LogP contribution in [0.5, 0.6) is 0 Å². The van der Waals surface area contributed by atoms with Gasteiger partial charge in [-0.2, -0.15) is 0 Å². The molecule has 1 aromatic rings. The lowest BCUT2D eigenvalue weighted by atomic mass is 10.1. The fraction of sp³-hybridized carbons (Fsp3) is 0.400. The molecule has 1 aromatic carbocycles. The van der Waals surface area contributed by atoms with Crippen LogP contribution in [0.15, 0.2) is 24.3 Å². The minimum Gasteiger partial charge on any atom is -0.312 e. The third-order valence-corrected chi connectivity index (χ3v) is 2.87. The Hall–Kier alpha value is -1.05. The van der Waals surface area contributed by atoms with Crippen molar-refractivity contribution in [1.29, 1.82) is 0 Å². The average molecular weight is 264 g/mol. The van der Waals surface area contributed by atoms with Gasteiger partial charge in [-0.1, -0.05) is 18.2 Å². The minimum absolute atomic E-state index is 0.0456. The highest BCUT2D eigenvalue weighted by atomic mass is 32.2. The van der Waals surface area contributed by atoms with E-state index in [-0.39, 0.29) is 17.9 Å². The normalized spacial score (nSPS) is 12.0. The van der Waals surface area contributed by atoms with Crippen molar-refractivity contribution in [3.8, 4) is 0 Å². The lowest BCUT2D eigenvalue weighted by Gasteiger charge is -2.06. The molecule has 96 valence electrons. The van der Waals surface area contributed by atoms with Gasteiger partial charge in [0.05, 0.1) is 5.75 Å². The molecular formula is C10H14F2N2O2S. The summed E-state index contributed by atoms with van der Waals surface area (Å²) in [5, 5.41) is 7.63. The zero-order valence-corrected chi connectivity index (χ0v) is 9.88. The van der Waals surface area contributed by atoms with Crippen molar-refractivity contribution in [3.63, 3.8) is 0 Å². The summed E-state index contributed by atoms with van der Waals surface area (Å²) in [6.07, 6.45) is -2.50. The second kappa shape index (κ2) is 6.04. The Morgan fingerprint density at radius 2 is 2.06 bits per heavy atom. The molecule has 17 heavy (non-hydrogen) atoms. The summed E-state index contributed by atoms with van der Waals surface area (Å²) in [7, 11) is -3.48. The van der Waals surface area contributed by atoms with Crippen molar-refractivity contribution < 1.29 is 17.2 Å². The van der Waals surface area contributed by atoms with Gasteiger partial charge < -0.3 is 5.32 Å². The molecule has 0 aliphatic heterocycles. The number of halogens is 2. The van der Waals surface area contributed by atoms with Gasteiger partial charge in [-0.05, 0) is 11.6 Å². The molecule has 0 fully saturated rings. The molecule has 0 aliphatic rings. The molecule has 0 atom stereocenters. The second-order valence-electron chi connectivity index (χ2n) is 3.59. The fourth-order valence-corrected chi connectivity index (χ4v) is 1.71. The van der Waals surface area contributed by atoms with Gasteiger partial charge in [0.1, 0.15) is 0 Å². The highest BCUT2D eigenvalue weighted by Crippen LogP contribution is 2.19. The third-order valence-electron chi connectivity index (χ3n) is 2.10. The van der Waals surface area contributed by atoms with Gasteiger partial charge in [0, 0.05) is 18.7 Å². The summed E-state index contributed by atoms with van der Waals surface area (Å²) < 4.78 is 46.0. The van der Waals surface area contributed by atoms with Crippen molar-refractivity contribution in [2.75, 3.05) is 12.3 Å². The molecule has 1 rings (SSSR count). The molecule has 0 radical (unpaired) electrons. The van der Waals surface area contributed by atoms with E-state index < -0.39 is 16.4 Å². The first-order chi connectivity index (χ1) is 7.88. The number of nitrogens with one attached hydrogen (secondary N) is 1. The summed E-state index contributed by atoms with van der Waals surface area (Å²) in [5.41, 5.74) is 0.632. The molecule has 0 bridgehead atoms. The quantitative estimate of drug-likeness (QED) is 0.753. The fourth-order valence-electron chi connectivity index (χ4n) is 1.29. The number of hydrogen-bond donors (Lipinski definition) is 2. The van der Waals surface area contributed by atoms with E-state index in [4.69, 9.17) is 5.14 Å². The van der Waals surface area contributed by atoms with Crippen LogP contribution < -0.4 is 10.5 Å². The van der Waals surface area contributed by atoms with Crippen LogP contribution in [-0.4, -0.2) is 20.7 Å². The highest BCUT2D eigenvalue weighted by molar-refractivity contribution is 7.89. The van der Waals surface area contributed by atoms with Crippen LogP contribution in [0.3, 0.4) is 0 Å². The van der Waals surface area contributed by atoms with Gasteiger partial charge in [-0.15, -0.1) is 0 Å². The number of hydrogen-bond acceptors (Lipinski definition) is 3. The van der Waals surface area contributed by atoms with E-state index in [2.05, 4.69) is 5.32 Å². The monoisotopic (exact) mass is 264 g/mol. The van der Waals surface area contributed by atoms with Crippen LogP contribution >= 0.6 is 0 Å². The van der Waals surface area contributed by atoms with Crippen molar-refractivity contribution in [2.24, 2.45) is 5.14 Å². The van der Waals surface area contributed by atoms with Crippen molar-refractivity contribution >= 4 is 10.0 Å². The Bertz CT molecular complexity index is 463. The summed E-state index contributed by atoms with van der Waals surface area (Å²) in [6, 6.07) is 5.96. The molecule has 0 aromatic heterocycles. The van der Waals surface area contributed by atoms with Crippen LogP contribution in [0.25, 0.3) is 0 Å². The third kappa shape index (κ3) is 5.71.